The number of amides is 1. The Morgan fingerprint density at radius 2 is 2.00 bits per heavy atom. The standard InChI is InChI=1S/C13H17ClN2O3/c1-3-19-13(18)9-16(2)8-12(17)15-11-7-5-4-6-10(11)14/h4-7H,3,8-9H2,1-2H3,(H,15,17). The highest BCUT2D eigenvalue weighted by Gasteiger charge is 2.12. The number of hydrogen-bond donors (Lipinski definition) is 1. The van der Waals surface area contributed by atoms with Crippen molar-refractivity contribution in [2.75, 3.05) is 32.1 Å². The Balaban J connectivity index is 2.43. The van der Waals surface area contributed by atoms with Crippen molar-refractivity contribution in [3.05, 3.63) is 29.3 Å². The van der Waals surface area contributed by atoms with Crippen molar-refractivity contribution >= 4 is 29.2 Å². The van der Waals surface area contributed by atoms with Gasteiger partial charge in [0.2, 0.25) is 5.91 Å². The van der Waals surface area contributed by atoms with Crippen molar-refractivity contribution in [2.24, 2.45) is 0 Å². The van der Waals surface area contributed by atoms with Crippen LogP contribution >= 0.6 is 11.6 Å². The van der Waals surface area contributed by atoms with Gasteiger partial charge in [-0.15, -0.1) is 0 Å². The summed E-state index contributed by atoms with van der Waals surface area (Å²) >= 11 is 5.93. The molecule has 0 radical (unpaired) electrons. The lowest BCUT2D eigenvalue weighted by Gasteiger charge is -2.15. The first kappa shape index (κ1) is 15.5. The molecule has 6 heteroatoms. The van der Waals surface area contributed by atoms with Gasteiger partial charge in [-0.2, -0.15) is 0 Å². The van der Waals surface area contributed by atoms with Crippen LogP contribution in [0.4, 0.5) is 5.69 Å². The normalized spacial score (nSPS) is 10.3. The van der Waals surface area contributed by atoms with Crippen LogP contribution in [0.2, 0.25) is 5.02 Å². The molecule has 0 spiro atoms. The van der Waals surface area contributed by atoms with Crippen molar-refractivity contribution in [3.63, 3.8) is 0 Å². The molecule has 104 valence electrons. The number of para-hydroxylation sites is 1. The summed E-state index contributed by atoms with van der Waals surface area (Å²) in [7, 11) is 1.67. The summed E-state index contributed by atoms with van der Waals surface area (Å²) < 4.78 is 4.80. The summed E-state index contributed by atoms with van der Waals surface area (Å²) in [4.78, 5) is 24.6. The maximum Gasteiger partial charge on any atom is 0.320 e. The van der Waals surface area contributed by atoms with E-state index in [2.05, 4.69) is 5.32 Å². The number of anilines is 1. The van der Waals surface area contributed by atoms with E-state index < -0.39 is 0 Å². The molecule has 0 unspecified atom stereocenters. The van der Waals surface area contributed by atoms with Crippen LogP contribution in [0.1, 0.15) is 6.92 Å². The van der Waals surface area contributed by atoms with Crippen molar-refractivity contribution in [1.29, 1.82) is 0 Å². The predicted molar refractivity (Wildman–Crippen MR) is 74.2 cm³/mol. The second kappa shape index (κ2) is 7.76. The summed E-state index contributed by atoms with van der Waals surface area (Å²) in [5.41, 5.74) is 0.554. The number of halogens is 1. The highest BCUT2D eigenvalue weighted by Crippen LogP contribution is 2.20. The number of benzene rings is 1. The Morgan fingerprint density at radius 3 is 2.63 bits per heavy atom. The number of carbonyl (C=O) groups is 2. The first-order chi connectivity index (χ1) is 9.02. The molecule has 19 heavy (non-hydrogen) atoms. The summed E-state index contributed by atoms with van der Waals surface area (Å²) in [5.74, 6) is -0.588. The van der Waals surface area contributed by atoms with Crippen LogP contribution in [0.3, 0.4) is 0 Å². The zero-order valence-corrected chi connectivity index (χ0v) is 11.7. The van der Waals surface area contributed by atoms with Crippen LogP contribution in [0.25, 0.3) is 0 Å². The SMILES string of the molecule is CCOC(=O)CN(C)CC(=O)Nc1ccccc1Cl. The second-order valence-electron chi connectivity index (χ2n) is 4.01. The fraction of sp³-hybridized carbons (Fsp3) is 0.385. The lowest BCUT2D eigenvalue weighted by Crippen LogP contribution is -2.34. The number of carbonyl (C=O) groups excluding carboxylic acids is 2. The predicted octanol–water partition coefficient (Wildman–Crippen LogP) is 1.77. The highest BCUT2D eigenvalue weighted by atomic mass is 35.5. The number of esters is 1. The lowest BCUT2D eigenvalue weighted by atomic mass is 10.3. The van der Waals surface area contributed by atoms with Gasteiger partial charge in [0.1, 0.15) is 0 Å². The molecule has 0 aliphatic heterocycles. The molecule has 5 nitrogen and oxygen atoms in total. The third kappa shape index (κ3) is 5.72. The maximum absolute atomic E-state index is 11.8. The number of ether oxygens (including phenoxy) is 1. The lowest BCUT2D eigenvalue weighted by molar-refractivity contribution is -0.144. The topological polar surface area (TPSA) is 58.6 Å². The third-order valence-corrected chi connectivity index (χ3v) is 2.60. The van der Waals surface area contributed by atoms with Crippen LogP contribution in [0.5, 0.6) is 0 Å². The van der Waals surface area contributed by atoms with Crippen LogP contribution in [-0.2, 0) is 14.3 Å². The minimum atomic E-state index is -0.351. The fourth-order valence-electron chi connectivity index (χ4n) is 1.48. The van der Waals surface area contributed by atoms with Gasteiger partial charge < -0.3 is 10.1 Å². The molecular weight excluding hydrogens is 268 g/mol. The van der Waals surface area contributed by atoms with E-state index >= 15 is 0 Å². The molecule has 1 rings (SSSR count). The fourth-order valence-corrected chi connectivity index (χ4v) is 1.66. The van der Waals surface area contributed by atoms with Gasteiger partial charge in [0.15, 0.2) is 0 Å². The Hall–Kier alpha value is -1.59. The summed E-state index contributed by atoms with van der Waals surface area (Å²) in [6.45, 7) is 2.23. The van der Waals surface area contributed by atoms with Gasteiger partial charge in [-0.1, -0.05) is 23.7 Å². The number of nitrogens with zero attached hydrogens (tertiary/aromatic N) is 1. The summed E-state index contributed by atoms with van der Waals surface area (Å²) in [5, 5.41) is 3.16. The van der Waals surface area contributed by atoms with E-state index in [-0.39, 0.29) is 25.0 Å². The van der Waals surface area contributed by atoms with Crippen LogP contribution < -0.4 is 5.32 Å². The molecule has 1 N–H and O–H groups in total. The Morgan fingerprint density at radius 1 is 1.32 bits per heavy atom. The van der Waals surface area contributed by atoms with E-state index in [0.29, 0.717) is 17.3 Å². The maximum atomic E-state index is 11.8. The molecule has 0 saturated heterocycles. The average Bonchev–Trinajstić information content (AvgIpc) is 2.31. The third-order valence-electron chi connectivity index (χ3n) is 2.27. The van der Waals surface area contributed by atoms with Gasteiger partial charge in [0, 0.05) is 0 Å². The minimum Gasteiger partial charge on any atom is -0.465 e. The van der Waals surface area contributed by atoms with E-state index in [1.165, 1.54) is 0 Å². The highest BCUT2D eigenvalue weighted by molar-refractivity contribution is 6.33. The van der Waals surface area contributed by atoms with Gasteiger partial charge in [0.25, 0.3) is 0 Å². The molecule has 1 aromatic carbocycles. The van der Waals surface area contributed by atoms with E-state index in [9.17, 15) is 9.59 Å². The number of nitrogens with one attached hydrogen (secondary N) is 1. The minimum absolute atomic E-state index is 0.0732. The molecule has 0 bridgehead atoms. The zero-order valence-electron chi connectivity index (χ0n) is 11.0. The molecule has 0 heterocycles. The zero-order chi connectivity index (χ0) is 14.3. The monoisotopic (exact) mass is 284 g/mol. The van der Waals surface area contributed by atoms with Crippen molar-refractivity contribution < 1.29 is 14.3 Å². The van der Waals surface area contributed by atoms with E-state index in [0.717, 1.165) is 0 Å². The summed E-state index contributed by atoms with van der Waals surface area (Å²) in [6.07, 6.45) is 0. The van der Waals surface area contributed by atoms with E-state index in [1.54, 1.807) is 43.1 Å². The van der Waals surface area contributed by atoms with Gasteiger partial charge >= 0.3 is 5.97 Å². The quantitative estimate of drug-likeness (QED) is 0.809. The molecule has 0 aliphatic carbocycles. The molecule has 1 amide bonds. The Labute approximate surface area is 117 Å². The van der Waals surface area contributed by atoms with Crippen LogP contribution in [0, 0.1) is 0 Å². The van der Waals surface area contributed by atoms with Gasteiger partial charge in [-0.3, -0.25) is 14.5 Å². The second-order valence-corrected chi connectivity index (χ2v) is 4.41. The Kier molecular flexibility index (Phi) is 6.32. The molecule has 0 aliphatic rings. The average molecular weight is 285 g/mol. The largest absolute Gasteiger partial charge is 0.465 e. The van der Waals surface area contributed by atoms with E-state index in [4.69, 9.17) is 16.3 Å². The first-order valence-electron chi connectivity index (χ1n) is 5.91. The molecule has 0 aromatic heterocycles. The molecule has 0 atom stereocenters. The van der Waals surface area contributed by atoms with Crippen molar-refractivity contribution in [1.82, 2.24) is 4.90 Å². The van der Waals surface area contributed by atoms with Crippen molar-refractivity contribution in [2.45, 2.75) is 6.92 Å². The number of rotatable bonds is 6. The van der Waals surface area contributed by atoms with Crippen molar-refractivity contribution in [3.8, 4) is 0 Å². The molecule has 1 aromatic rings. The molecule has 0 saturated carbocycles. The van der Waals surface area contributed by atoms with Crippen LogP contribution in [-0.4, -0.2) is 43.5 Å². The van der Waals surface area contributed by atoms with Gasteiger partial charge in [-0.05, 0) is 26.1 Å². The van der Waals surface area contributed by atoms with E-state index in [1.807, 2.05) is 0 Å². The smallest absolute Gasteiger partial charge is 0.320 e. The first-order valence-corrected chi connectivity index (χ1v) is 6.29. The number of likely N-dealkylation sites (N-methyl/N-ethyl adjacent to an activating group) is 1. The Bertz CT molecular complexity index is 451. The van der Waals surface area contributed by atoms with Gasteiger partial charge in [-0.25, -0.2) is 0 Å². The number of hydrogen-bond acceptors (Lipinski definition) is 4. The molecule has 0 fully saturated rings. The van der Waals surface area contributed by atoms with Gasteiger partial charge in [0.05, 0.1) is 30.4 Å². The van der Waals surface area contributed by atoms with Crippen LogP contribution in [0.15, 0.2) is 24.3 Å². The summed E-state index contributed by atoms with van der Waals surface area (Å²) in [6, 6.07) is 6.97. The molecular formula is C13H17ClN2O3.